The normalized spacial score (nSPS) is 15.1. The van der Waals surface area contributed by atoms with Gasteiger partial charge in [0.15, 0.2) is 17.1 Å². The third-order valence-corrected chi connectivity index (χ3v) is 6.48. The number of aromatic nitrogens is 4. The molecule has 0 radical (unpaired) electrons. The van der Waals surface area contributed by atoms with E-state index in [0.29, 0.717) is 27.9 Å². The highest BCUT2D eigenvalue weighted by Crippen LogP contribution is 2.32. The molecule has 2 aromatic heterocycles. The first-order valence-corrected chi connectivity index (χ1v) is 11.2. The number of aromatic amines is 1. The number of H-pyrrole nitrogens is 1. The monoisotopic (exact) mass is 466 g/mol. The van der Waals surface area contributed by atoms with Gasteiger partial charge in [0.2, 0.25) is 0 Å². The van der Waals surface area contributed by atoms with Gasteiger partial charge in [0.1, 0.15) is 23.0 Å². The number of nitrogens with one attached hydrogen (secondary N) is 1. The number of imidazole rings is 1. The average Bonchev–Trinajstić information content (AvgIpc) is 3.31. The number of para-hydroxylation sites is 1. The second-order valence-electron chi connectivity index (χ2n) is 6.95. The summed E-state index contributed by atoms with van der Waals surface area (Å²) in [6, 6.07) is 11.5. The first kappa shape index (κ1) is 20.6. The largest absolute Gasteiger partial charge is 0.493 e. The smallest absolute Gasteiger partial charge is 0.181 e. The van der Waals surface area contributed by atoms with Gasteiger partial charge in [-0.2, -0.15) is 0 Å². The molecule has 1 aliphatic heterocycles. The van der Waals surface area contributed by atoms with Gasteiger partial charge < -0.3 is 19.4 Å². The van der Waals surface area contributed by atoms with Crippen molar-refractivity contribution in [1.29, 1.82) is 0 Å². The van der Waals surface area contributed by atoms with E-state index in [2.05, 4.69) is 24.8 Å². The average molecular weight is 467 g/mol. The summed E-state index contributed by atoms with van der Waals surface area (Å²) in [6.07, 6.45) is 4.96. The van der Waals surface area contributed by atoms with Gasteiger partial charge >= 0.3 is 0 Å². The molecule has 1 atom stereocenters. The lowest BCUT2D eigenvalue weighted by Gasteiger charge is -2.30. The van der Waals surface area contributed by atoms with Crippen molar-refractivity contribution >= 4 is 46.4 Å². The SMILES string of the molecule is COc1cc2c(cc1OC)=NC(CSc1ncnc3nc[nH]c13)N(c1ccccc1Cl)C=2. The van der Waals surface area contributed by atoms with Crippen molar-refractivity contribution in [1.82, 2.24) is 19.9 Å². The van der Waals surface area contributed by atoms with Crippen molar-refractivity contribution in [2.24, 2.45) is 4.99 Å². The molecule has 0 saturated heterocycles. The molecule has 0 saturated carbocycles. The second-order valence-corrected chi connectivity index (χ2v) is 8.37. The Morgan fingerprint density at radius 2 is 1.91 bits per heavy atom. The molecule has 162 valence electrons. The minimum absolute atomic E-state index is 0.224. The van der Waals surface area contributed by atoms with Gasteiger partial charge in [-0.3, -0.25) is 4.99 Å². The topological polar surface area (TPSA) is 88.5 Å². The Morgan fingerprint density at radius 3 is 2.72 bits per heavy atom. The summed E-state index contributed by atoms with van der Waals surface area (Å²) >= 11 is 8.13. The number of thioether (sulfide) groups is 1. The number of hydrogen-bond donors (Lipinski definition) is 1. The van der Waals surface area contributed by atoms with Crippen LogP contribution in [0.4, 0.5) is 5.69 Å². The standard InChI is InChI=1S/C22H19ClN6O2S/c1-30-17-7-13-9-29(16-6-4-3-5-14(16)23)19(28-15(13)8-18(17)31-2)10-32-22-20-21(25-11-24-20)26-12-27-22/h3-9,11-12,19H,10H2,1-2H3,(H,24,25,26,27). The number of hydrogen-bond acceptors (Lipinski definition) is 8. The number of benzene rings is 2. The molecule has 2 aromatic carbocycles. The summed E-state index contributed by atoms with van der Waals surface area (Å²) in [6.45, 7) is 0. The molecule has 1 N–H and O–H groups in total. The van der Waals surface area contributed by atoms with Gasteiger partial charge in [-0.15, -0.1) is 0 Å². The molecular formula is C22H19ClN6O2S. The van der Waals surface area contributed by atoms with E-state index < -0.39 is 0 Å². The van der Waals surface area contributed by atoms with Crippen LogP contribution in [0, 0.1) is 0 Å². The Hall–Kier alpha value is -3.30. The van der Waals surface area contributed by atoms with Crippen molar-refractivity contribution in [3.8, 4) is 11.5 Å². The van der Waals surface area contributed by atoms with Gasteiger partial charge in [-0.25, -0.2) is 15.0 Å². The summed E-state index contributed by atoms with van der Waals surface area (Å²) in [7, 11) is 3.23. The summed E-state index contributed by atoms with van der Waals surface area (Å²) in [5.41, 5.74) is 2.33. The fraction of sp³-hybridized carbons (Fsp3) is 0.182. The van der Waals surface area contributed by atoms with E-state index in [9.17, 15) is 0 Å². The Kier molecular flexibility index (Phi) is 5.59. The number of anilines is 1. The first-order valence-electron chi connectivity index (χ1n) is 9.79. The molecule has 0 aliphatic carbocycles. The maximum Gasteiger partial charge on any atom is 0.181 e. The van der Waals surface area contributed by atoms with Gasteiger partial charge in [0, 0.05) is 23.2 Å². The quantitative estimate of drug-likeness (QED) is 0.345. The van der Waals surface area contributed by atoms with Crippen LogP contribution in [0.3, 0.4) is 0 Å². The van der Waals surface area contributed by atoms with Crippen LogP contribution in [-0.4, -0.2) is 46.1 Å². The highest BCUT2D eigenvalue weighted by Gasteiger charge is 2.23. The zero-order valence-corrected chi connectivity index (χ0v) is 18.9. The van der Waals surface area contributed by atoms with Crippen LogP contribution >= 0.6 is 23.4 Å². The van der Waals surface area contributed by atoms with E-state index in [4.69, 9.17) is 26.1 Å². The highest BCUT2D eigenvalue weighted by atomic mass is 35.5. The van der Waals surface area contributed by atoms with Crippen LogP contribution < -0.4 is 24.9 Å². The van der Waals surface area contributed by atoms with Crippen LogP contribution in [0.5, 0.6) is 11.5 Å². The van der Waals surface area contributed by atoms with E-state index in [1.807, 2.05) is 42.6 Å². The predicted molar refractivity (Wildman–Crippen MR) is 125 cm³/mol. The van der Waals surface area contributed by atoms with Crippen LogP contribution in [0.2, 0.25) is 5.02 Å². The van der Waals surface area contributed by atoms with Crippen molar-refractivity contribution in [2.45, 2.75) is 11.2 Å². The van der Waals surface area contributed by atoms with Crippen LogP contribution in [0.1, 0.15) is 0 Å². The second kappa shape index (κ2) is 8.68. The number of rotatable bonds is 6. The number of methoxy groups -OCH3 is 2. The Bertz CT molecular complexity index is 1410. The maximum absolute atomic E-state index is 6.55. The Labute approximate surface area is 193 Å². The molecule has 0 bridgehead atoms. The zero-order valence-electron chi connectivity index (χ0n) is 17.3. The van der Waals surface area contributed by atoms with Crippen molar-refractivity contribution < 1.29 is 9.47 Å². The molecule has 1 aliphatic rings. The van der Waals surface area contributed by atoms with Crippen molar-refractivity contribution in [3.05, 3.63) is 64.7 Å². The molecule has 32 heavy (non-hydrogen) atoms. The van der Waals surface area contributed by atoms with Crippen molar-refractivity contribution in [2.75, 3.05) is 24.9 Å². The van der Waals surface area contributed by atoms with E-state index >= 15 is 0 Å². The molecule has 0 spiro atoms. The number of halogens is 1. The van der Waals surface area contributed by atoms with E-state index in [-0.39, 0.29) is 6.17 Å². The molecule has 1 unspecified atom stereocenters. The highest BCUT2D eigenvalue weighted by molar-refractivity contribution is 7.99. The molecule has 8 nitrogen and oxygen atoms in total. The lowest BCUT2D eigenvalue weighted by Crippen LogP contribution is -2.43. The lowest BCUT2D eigenvalue weighted by atomic mass is 10.2. The summed E-state index contributed by atoms with van der Waals surface area (Å²) in [5.74, 6) is 1.91. The van der Waals surface area contributed by atoms with Crippen molar-refractivity contribution in [3.63, 3.8) is 0 Å². The third-order valence-electron chi connectivity index (χ3n) is 5.11. The minimum atomic E-state index is -0.224. The van der Waals surface area contributed by atoms with Crippen LogP contribution in [0.25, 0.3) is 17.4 Å². The number of fused-ring (bicyclic) bond motifs is 2. The van der Waals surface area contributed by atoms with Crippen LogP contribution in [0.15, 0.2) is 59.1 Å². The van der Waals surface area contributed by atoms with E-state index in [1.165, 1.54) is 6.33 Å². The fourth-order valence-corrected chi connectivity index (χ4v) is 4.76. The maximum atomic E-state index is 6.55. The summed E-state index contributed by atoms with van der Waals surface area (Å²) < 4.78 is 10.9. The Morgan fingerprint density at radius 1 is 1.09 bits per heavy atom. The molecular weight excluding hydrogens is 448 g/mol. The number of ether oxygens (including phenoxy) is 2. The molecule has 4 aromatic rings. The minimum Gasteiger partial charge on any atom is -0.493 e. The number of nitrogens with zero attached hydrogens (tertiary/aromatic N) is 5. The molecule has 5 rings (SSSR count). The lowest BCUT2D eigenvalue weighted by molar-refractivity contribution is 0.354. The summed E-state index contributed by atoms with van der Waals surface area (Å²) in [5, 5.41) is 3.21. The predicted octanol–water partition coefficient (Wildman–Crippen LogP) is 3.02. The van der Waals surface area contributed by atoms with Crippen LogP contribution in [-0.2, 0) is 0 Å². The Balaban J connectivity index is 1.57. The van der Waals surface area contributed by atoms with Gasteiger partial charge in [-0.1, -0.05) is 35.5 Å². The first-order chi connectivity index (χ1) is 15.7. The molecule has 10 heteroatoms. The summed E-state index contributed by atoms with van der Waals surface area (Å²) in [4.78, 5) is 23.0. The fourth-order valence-electron chi connectivity index (χ4n) is 3.57. The molecule has 0 fully saturated rings. The molecule has 0 amide bonds. The van der Waals surface area contributed by atoms with E-state index in [0.717, 1.165) is 26.8 Å². The zero-order chi connectivity index (χ0) is 22.1. The van der Waals surface area contributed by atoms with Gasteiger partial charge in [0.05, 0.1) is 36.6 Å². The van der Waals surface area contributed by atoms with Gasteiger partial charge in [0.25, 0.3) is 0 Å². The molecule has 3 heterocycles. The van der Waals surface area contributed by atoms with E-state index in [1.54, 1.807) is 32.3 Å². The third kappa shape index (κ3) is 3.74. The van der Waals surface area contributed by atoms with Gasteiger partial charge in [-0.05, 0) is 18.2 Å².